The molecule has 0 radical (unpaired) electrons. The fourth-order valence-corrected chi connectivity index (χ4v) is 3.03. The minimum absolute atomic E-state index is 0.161. The van der Waals surface area contributed by atoms with Crippen molar-refractivity contribution in [2.75, 3.05) is 18.5 Å². The van der Waals surface area contributed by atoms with Crippen LogP contribution in [0.3, 0.4) is 0 Å². The minimum Gasteiger partial charge on any atom is -0.494 e. The fourth-order valence-electron chi connectivity index (χ4n) is 3.03. The van der Waals surface area contributed by atoms with Gasteiger partial charge in [-0.1, -0.05) is 0 Å². The average Bonchev–Trinajstić information content (AvgIpc) is 2.74. The molecule has 0 aliphatic carbocycles. The number of carbonyl (C=O) groups is 2. The number of aromatic nitrogens is 2. The first-order valence-corrected chi connectivity index (χ1v) is 9.64. The number of carbonyl (C=O) groups excluding carboxylic acids is 2. The van der Waals surface area contributed by atoms with E-state index in [1.165, 1.54) is 0 Å². The summed E-state index contributed by atoms with van der Waals surface area (Å²) in [6.45, 7) is 6.01. The highest BCUT2D eigenvalue weighted by molar-refractivity contribution is 5.97. The van der Waals surface area contributed by atoms with Gasteiger partial charge >= 0.3 is 5.97 Å². The van der Waals surface area contributed by atoms with E-state index in [1.54, 1.807) is 54.0 Å². The van der Waals surface area contributed by atoms with Crippen molar-refractivity contribution in [1.29, 1.82) is 0 Å². The van der Waals surface area contributed by atoms with Crippen LogP contribution >= 0.6 is 0 Å². The molecule has 1 aromatic heterocycles. The molecule has 8 nitrogen and oxygen atoms in total. The molecule has 0 aliphatic heterocycles. The van der Waals surface area contributed by atoms with Gasteiger partial charge in [0.15, 0.2) is 6.61 Å². The molecule has 2 aromatic carbocycles. The summed E-state index contributed by atoms with van der Waals surface area (Å²) in [5.74, 6) is -0.398. The van der Waals surface area contributed by atoms with Crippen molar-refractivity contribution in [3.63, 3.8) is 0 Å². The second kappa shape index (κ2) is 9.21. The van der Waals surface area contributed by atoms with Crippen LogP contribution in [0.1, 0.15) is 29.9 Å². The third-order valence-corrected chi connectivity index (χ3v) is 4.44. The van der Waals surface area contributed by atoms with Crippen molar-refractivity contribution in [2.45, 2.75) is 27.3 Å². The number of ether oxygens (including phenoxy) is 2. The zero-order chi connectivity index (χ0) is 21.7. The largest absolute Gasteiger partial charge is 0.494 e. The Labute approximate surface area is 173 Å². The van der Waals surface area contributed by atoms with Gasteiger partial charge in [0.2, 0.25) is 0 Å². The molecule has 0 aliphatic rings. The number of hydrogen-bond donors (Lipinski definition) is 1. The Bertz CT molecular complexity index is 1140. The van der Waals surface area contributed by atoms with Crippen LogP contribution in [-0.4, -0.2) is 34.6 Å². The SMILES string of the molecule is CCOc1ccc(NC(=O)COC(=O)c2ccc3c(c2)nc(C)c(=O)n3CC)cc1. The summed E-state index contributed by atoms with van der Waals surface area (Å²) in [6, 6.07) is 11.7. The van der Waals surface area contributed by atoms with Gasteiger partial charge in [0, 0.05) is 12.2 Å². The Morgan fingerprint density at radius 3 is 2.50 bits per heavy atom. The van der Waals surface area contributed by atoms with Crippen molar-refractivity contribution >= 4 is 28.6 Å². The number of amides is 1. The van der Waals surface area contributed by atoms with E-state index in [1.807, 2.05) is 13.8 Å². The van der Waals surface area contributed by atoms with Crippen LogP contribution in [0.25, 0.3) is 11.0 Å². The lowest BCUT2D eigenvalue weighted by molar-refractivity contribution is -0.119. The topological polar surface area (TPSA) is 99.5 Å². The summed E-state index contributed by atoms with van der Waals surface area (Å²) in [7, 11) is 0. The Balaban J connectivity index is 1.65. The van der Waals surface area contributed by atoms with Crippen LogP contribution in [0.5, 0.6) is 5.75 Å². The number of benzene rings is 2. The van der Waals surface area contributed by atoms with Crippen LogP contribution < -0.4 is 15.6 Å². The van der Waals surface area contributed by atoms with Crippen molar-refractivity contribution in [3.8, 4) is 5.75 Å². The predicted octanol–water partition coefficient (Wildman–Crippen LogP) is 2.92. The lowest BCUT2D eigenvalue weighted by Crippen LogP contribution is -2.23. The monoisotopic (exact) mass is 409 g/mol. The lowest BCUT2D eigenvalue weighted by Gasteiger charge is -2.10. The van der Waals surface area contributed by atoms with Crippen molar-refractivity contribution < 1.29 is 19.1 Å². The number of hydrogen-bond acceptors (Lipinski definition) is 6. The number of aryl methyl sites for hydroxylation is 2. The molecule has 1 heterocycles. The Morgan fingerprint density at radius 2 is 1.83 bits per heavy atom. The van der Waals surface area contributed by atoms with E-state index < -0.39 is 18.5 Å². The molecule has 3 aromatic rings. The Kier molecular flexibility index (Phi) is 6.46. The van der Waals surface area contributed by atoms with Gasteiger partial charge in [0.1, 0.15) is 11.4 Å². The Hall–Kier alpha value is -3.68. The molecule has 0 atom stereocenters. The van der Waals surface area contributed by atoms with Crippen LogP contribution in [0, 0.1) is 6.92 Å². The quantitative estimate of drug-likeness (QED) is 0.603. The lowest BCUT2D eigenvalue weighted by atomic mass is 10.2. The van der Waals surface area contributed by atoms with Crippen molar-refractivity contribution in [2.24, 2.45) is 0 Å². The smallest absolute Gasteiger partial charge is 0.338 e. The molecule has 0 saturated heterocycles. The highest BCUT2D eigenvalue weighted by atomic mass is 16.5. The van der Waals surface area contributed by atoms with Crippen LogP contribution in [-0.2, 0) is 16.1 Å². The fraction of sp³-hybridized carbons (Fsp3) is 0.273. The van der Waals surface area contributed by atoms with Gasteiger partial charge in [-0.3, -0.25) is 9.59 Å². The maximum Gasteiger partial charge on any atom is 0.338 e. The molecule has 1 N–H and O–H groups in total. The zero-order valence-corrected chi connectivity index (χ0v) is 17.1. The highest BCUT2D eigenvalue weighted by Crippen LogP contribution is 2.16. The molecule has 156 valence electrons. The summed E-state index contributed by atoms with van der Waals surface area (Å²) in [6.07, 6.45) is 0. The molecule has 3 rings (SSSR count). The molecule has 0 fully saturated rings. The zero-order valence-electron chi connectivity index (χ0n) is 17.1. The molecule has 0 spiro atoms. The first-order valence-electron chi connectivity index (χ1n) is 9.64. The van der Waals surface area contributed by atoms with E-state index in [9.17, 15) is 14.4 Å². The summed E-state index contributed by atoms with van der Waals surface area (Å²) in [5.41, 5.74) is 2.17. The van der Waals surface area contributed by atoms with Gasteiger partial charge < -0.3 is 19.4 Å². The van der Waals surface area contributed by atoms with Crippen LogP contribution in [0.15, 0.2) is 47.3 Å². The third kappa shape index (κ3) is 4.65. The second-order valence-electron chi connectivity index (χ2n) is 6.53. The van der Waals surface area contributed by atoms with Crippen LogP contribution in [0.2, 0.25) is 0 Å². The Morgan fingerprint density at radius 1 is 1.10 bits per heavy atom. The van der Waals surface area contributed by atoms with Gasteiger partial charge in [-0.2, -0.15) is 0 Å². The summed E-state index contributed by atoms with van der Waals surface area (Å²) < 4.78 is 12.1. The summed E-state index contributed by atoms with van der Waals surface area (Å²) in [5, 5.41) is 2.65. The molecular formula is C22H23N3O5. The van der Waals surface area contributed by atoms with E-state index in [0.29, 0.717) is 41.3 Å². The van der Waals surface area contributed by atoms with E-state index in [-0.39, 0.29) is 11.1 Å². The molecular weight excluding hydrogens is 386 g/mol. The number of nitrogens with one attached hydrogen (secondary N) is 1. The average molecular weight is 409 g/mol. The van der Waals surface area contributed by atoms with Gasteiger partial charge in [-0.05, 0) is 63.2 Å². The maximum atomic E-state index is 12.4. The number of nitrogens with zero attached hydrogens (tertiary/aromatic N) is 2. The molecule has 8 heteroatoms. The van der Waals surface area contributed by atoms with Gasteiger partial charge in [0.25, 0.3) is 11.5 Å². The molecule has 0 saturated carbocycles. The van der Waals surface area contributed by atoms with Crippen LogP contribution in [0.4, 0.5) is 5.69 Å². The molecule has 1 amide bonds. The highest BCUT2D eigenvalue weighted by Gasteiger charge is 2.14. The number of fused-ring (bicyclic) bond motifs is 1. The van der Waals surface area contributed by atoms with E-state index >= 15 is 0 Å². The summed E-state index contributed by atoms with van der Waals surface area (Å²) in [4.78, 5) is 40.9. The number of rotatable bonds is 7. The number of esters is 1. The molecule has 30 heavy (non-hydrogen) atoms. The van der Waals surface area contributed by atoms with Crippen molar-refractivity contribution in [1.82, 2.24) is 9.55 Å². The van der Waals surface area contributed by atoms with Crippen molar-refractivity contribution in [3.05, 3.63) is 64.1 Å². The first-order chi connectivity index (χ1) is 14.4. The van der Waals surface area contributed by atoms with E-state index in [0.717, 1.165) is 0 Å². The predicted molar refractivity (Wildman–Crippen MR) is 113 cm³/mol. The minimum atomic E-state index is -0.646. The molecule has 0 unspecified atom stereocenters. The van der Waals surface area contributed by atoms with E-state index in [2.05, 4.69) is 10.3 Å². The number of anilines is 1. The van der Waals surface area contributed by atoms with Gasteiger partial charge in [0.05, 0.1) is 23.2 Å². The maximum absolute atomic E-state index is 12.4. The second-order valence-corrected chi connectivity index (χ2v) is 6.53. The standard InChI is InChI=1S/C22H23N3O5/c1-4-25-19-11-6-15(12-18(19)23-14(3)21(25)27)22(28)30-13-20(26)24-16-7-9-17(10-8-16)29-5-2/h6-12H,4-5,13H2,1-3H3,(H,24,26). The molecule has 0 bridgehead atoms. The van der Waals surface area contributed by atoms with Gasteiger partial charge in [-0.25, -0.2) is 9.78 Å². The van der Waals surface area contributed by atoms with Gasteiger partial charge in [-0.15, -0.1) is 0 Å². The summed E-state index contributed by atoms with van der Waals surface area (Å²) >= 11 is 0. The normalized spacial score (nSPS) is 10.6. The third-order valence-electron chi connectivity index (χ3n) is 4.44. The first kappa shape index (κ1) is 21.0. The van der Waals surface area contributed by atoms with E-state index in [4.69, 9.17) is 9.47 Å².